The van der Waals surface area contributed by atoms with Gasteiger partial charge in [-0.05, 0) is 41.5 Å². The molecule has 0 aromatic heterocycles. The Morgan fingerprint density at radius 2 is 1.74 bits per heavy atom. The summed E-state index contributed by atoms with van der Waals surface area (Å²) in [6.45, 7) is 14.5. The average Bonchev–Trinajstić information content (AvgIpc) is 2.42. The van der Waals surface area contributed by atoms with Gasteiger partial charge in [0.05, 0.1) is 13.2 Å². The fraction of sp³-hybridized carbons (Fsp3) is 0.875. The Morgan fingerprint density at radius 3 is 2.26 bits per heavy atom. The molecule has 134 valence electrons. The maximum Gasteiger partial charge on any atom is 0.408 e. The van der Waals surface area contributed by atoms with Crippen LogP contribution in [0.3, 0.4) is 0 Å². The van der Waals surface area contributed by atoms with Gasteiger partial charge in [0, 0.05) is 25.7 Å². The van der Waals surface area contributed by atoms with Gasteiger partial charge >= 0.3 is 6.09 Å². The Bertz CT molecular complexity index is 412. The Balaban J connectivity index is 2.43. The van der Waals surface area contributed by atoms with E-state index in [4.69, 9.17) is 9.47 Å². The first-order chi connectivity index (χ1) is 10.5. The molecule has 1 rings (SSSR count). The van der Waals surface area contributed by atoms with Crippen LogP contribution >= 0.6 is 0 Å². The second-order valence-corrected chi connectivity index (χ2v) is 7.46. The summed E-state index contributed by atoms with van der Waals surface area (Å²) in [5.41, 5.74) is -1.63. The fourth-order valence-electron chi connectivity index (χ4n) is 2.22. The highest BCUT2D eigenvalue weighted by Gasteiger charge is 2.32. The van der Waals surface area contributed by atoms with E-state index in [1.165, 1.54) is 0 Å². The molecule has 1 heterocycles. The second-order valence-electron chi connectivity index (χ2n) is 7.46. The third-order valence-corrected chi connectivity index (χ3v) is 3.61. The predicted molar refractivity (Wildman–Crippen MR) is 88.3 cm³/mol. The molecule has 0 aromatic rings. The van der Waals surface area contributed by atoms with Crippen LogP contribution in [-0.2, 0) is 14.3 Å². The summed E-state index contributed by atoms with van der Waals surface area (Å²) in [6, 6.07) is 0.222. The van der Waals surface area contributed by atoms with E-state index in [1.807, 2.05) is 0 Å². The minimum Gasteiger partial charge on any atom is -0.444 e. The zero-order chi connectivity index (χ0) is 17.7. The largest absolute Gasteiger partial charge is 0.444 e. The molecule has 0 unspecified atom stereocenters. The molecule has 1 saturated heterocycles. The molecule has 0 spiro atoms. The van der Waals surface area contributed by atoms with Crippen LogP contribution < -0.4 is 10.6 Å². The average molecular weight is 329 g/mol. The summed E-state index contributed by atoms with van der Waals surface area (Å²) in [5, 5.41) is 5.51. The van der Waals surface area contributed by atoms with Crippen molar-refractivity contribution in [3.05, 3.63) is 0 Å². The molecule has 0 saturated carbocycles. The van der Waals surface area contributed by atoms with Gasteiger partial charge in [-0.25, -0.2) is 4.79 Å². The topological polar surface area (TPSA) is 79.9 Å². The zero-order valence-electron chi connectivity index (χ0n) is 15.2. The first-order valence-corrected chi connectivity index (χ1v) is 8.12. The first kappa shape index (κ1) is 19.7. The van der Waals surface area contributed by atoms with Crippen molar-refractivity contribution < 1.29 is 19.1 Å². The molecule has 2 N–H and O–H groups in total. The normalized spacial score (nSPS) is 18.2. The summed E-state index contributed by atoms with van der Waals surface area (Å²) in [6.07, 6.45) is -0.598. The van der Waals surface area contributed by atoms with E-state index in [-0.39, 0.29) is 11.9 Å². The molecule has 0 bridgehead atoms. The van der Waals surface area contributed by atoms with Gasteiger partial charge in [0.2, 0.25) is 5.91 Å². The number of alkyl carbamates (subject to hydrolysis) is 1. The Morgan fingerprint density at radius 1 is 1.17 bits per heavy atom. The number of morpholine rings is 1. The number of carbonyl (C=O) groups excluding carboxylic acids is 2. The van der Waals surface area contributed by atoms with Crippen LogP contribution in [0.15, 0.2) is 0 Å². The first-order valence-electron chi connectivity index (χ1n) is 8.12. The van der Waals surface area contributed by atoms with E-state index < -0.39 is 17.2 Å². The number of carbonyl (C=O) groups is 2. The summed E-state index contributed by atoms with van der Waals surface area (Å²) in [4.78, 5) is 26.4. The molecular weight excluding hydrogens is 298 g/mol. The number of nitrogens with zero attached hydrogens (tertiary/aromatic N) is 1. The zero-order valence-corrected chi connectivity index (χ0v) is 15.2. The van der Waals surface area contributed by atoms with Crippen LogP contribution in [0.25, 0.3) is 0 Å². The summed E-state index contributed by atoms with van der Waals surface area (Å²) in [5.74, 6) is -0.233. The highest BCUT2D eigenvalue weighted by atomic mass is 16.6. The molecule has 1 aliphatic rings. The number of ether oxygens (including phenoxy) is 2. The van der Waals surface area contributed by atoms with E-state index in [9.17, 15) is 9.59 Å². The molecule has 7 nitrogen and oxygen atoms in total. The smallest absolute Gasteiger partial charge is 0.408 e. The van der Waals surface area contributed by atoms with Crippen LogP contribution in [0.5, 0.6) is 0 Å². The maximum absolute atomic E-state index is 12.3. The van der Waals surface area contributed by atoms with Crippen LogP contribution in [-0.4, -0.2) is 66.9 Å². The Labute approximate surface area is 139 Å². The van der Waals surface area contributed by atoms with Crippen molar-refractivity contribution in [3.8, 4) is 0 Å². The van der Waals surface area contributed by atoms with Gasteiger partial charge in [-0.3, -0.25) is 9.69 Å². The van der Waals surface area contributed by atoms with Crippen molar-refractivity contribution in [1.82, 2.24) is 15.5 Å². The van der Waals surface area contributed by atoms with E-state index in [2.05, 4.69) is 22.5 Å². The number of hydrogen-bond acceptors (Lipinski definition) is 5. The molecule has 1 fully saturated rings. The second kappa shape index (κ2) is 7.97. The lowest BCUT2D eigenvalue weighted by atomic mass is 10.0. The van der Waals surface area contributed by atoms with Crippen LogP contribution in [0, 0.1) is 0 Å². The van der Waals surface area contributed by atoms with Crippen molar-refractivity contribution in [2.45, 2.75) is 58.7 Å². The molecule has 7 heteroatoms. The molecule has 0 aromatic carbocycles. The predicted octanol–water partition coefficient (Wildman–Crippen LogP) is 1.13. The lowest BCUT2D eigenvalue weighted by Crippen LogP contribution is -2.57. The third kappa shape index (κ3) is 7.18. The molecule has 1 aliphatic heterocycles. The van der Waals surface area contributed by atoms with E-state index in [1.54, 1.807) is 34.6 Å². The lowest BCUT2D eigenvalue weighted by Gasteiger charge is -2.33. The SMILES string of the molecule is C[C@H](CNC(=O)C(C)(C)NC(=O)OC(C)(C)C)N1CCOCC1. The van der Waals surface area contributed by atoms with Gasteiger partial charge in [0.25, 0.3) is 0 Å². The molecule has 0 radical (unpaired) electrons. The van der Waals surface area contributed by atoms with Gasteiger partial charge in [-0.15, -0.1) is 0 Å². The Hall–Kier alpha value is -1.34. The van der Waals surface area contributed by atoms with Crippen LogP contribution in [0.1, 0.15) is 41.5 Å². The number of hydrogen-bond donors (Lipinski definition) is 2. The fourth-order valence-corrected chi connectivity index (χ4v) is 2.22. The minimum atomic E-state index is -1.03. The van der Waals surface area contributed by atoms with Gasteiger partial charge in [0.1, 0.15) is 11.1 Å². The van der Waals surface area contributed by atoms with Crippen molar-refractivity contribution >= 4 is 12.0 Å². The summed E-state index contributed by atoms with van der Waals surface area (Å²) >= 11 is 0. The van der Waals surface area contributed by atoms with Crippen molar-refractivity contribution in [3.63, 3.8) is 0 Å². The Kier molecular flexibility index (Phi) is 6.83. The number of amides is 2. The van der Waals surface area contributed by atoms with E-state index >= 15 is 0 Å². The minimum absolute atomic E-state index is 0.222. The standard InChI is InChI=1S/C16H31N3O4/c1-12(19-7-9-22-10-8-19)11-17-13(20)16(5,6)18-14(21)23-15(2,3)4/h12H,7-11H2,1-6H3,(H,17,20)(H,18,21)/t12-/m1/s1. The maximum atomic E-state index is 12.3. The van der Waals surface area contributed by atoms with E-state index in [0.29, 0.717) is 6.54 Å². The van der Waals surface area contributed by atoms with Crippen molar-refractivity contribution in [1.29, 1.82) is 0 Å². The monoisotopic (exact) mass is 329 g/mol. The van der Waals surface area contributed by atoms with Crippen LogP contribution in [0.2, 0.25) is 0 Å². The molecular formula is C16H31N3O4. The number of nitrogens with one attached hydrogen (secondary N) is 2. The number of rotatable bonds is 5. The van der Waals surface area contributed by atoms with Crippen molar-refractivity contribution in [2.75, 3.05) is 32.8 Å². The van der Waals surface area contributed by atoms with Gasteiger partial charge in [-0.1, -0.05) is 0 Å². The van der Waals surface area contributed by atoms with Crippen molar-refractivity contribution in [2.24, 2.45) is 0 Å². The quantitative estimate of drug-likeness (QED) is 0.790. The van der Waals surface area contributed by atoms with Crippen LogP contribution in [0.4, 0.5) is 4.79 Å². The molecule has 2 amide bonds. The highest BCUT2D eigenvalue weighted by Crippen LogP contribution is 2.10. The van der Waals surface area contributed by atoms with Gasteiger partial charge in [0.15, 0.2) is 0 Å². The molecule has 23 heavy (non-hydrogen) atoms. The van der Waals surface area contributed by atoms with Gasteiger partial charge < -0.3 is 20.1 Å². The highest BCUT2D eigenvalue weighted by molar-refractivity contribution is 5.89. The third-order valence-electron chi connectivity index (χ3n) is 3.61. The molecule has 1 atom stereocenters. The summed E-state index contributed by atoms with van der Waals surface area (Å²) in [7, 11) is 0. The molecule has 0 aliphatic carbocycles. The summed E-state index contributed by atoms with van der Waals surface area (Å²) < 4.78 is 10.5. The lowest BCUT2D eigenvalue weighted by molar-refractivity contribution is -0.126. The van der Waals surface area contributed by atoms with E-state index in [0.717, 1.165) is 26.3 Å². The van der Waals surface area contributed by atoms with Gasteiger partial charge in [-0.2, -0.15) is 0 Å².